The van der Waals surface area contributed by atoms with Gasteiger partial charge in [0.2, 0.25) is 5.91 Å². The van der Waals surface area contributed by atoms with Crippen LogP contribution < -0.4 is 11.1 Å². The SMILES string of the molecule is CC1CCCC(NC(=O)CSCCCN)C1C. The van der Waals surface area contributed by atoms with Gasteiger partial charge >= 0.3 is 0 Å². The molecular formula is C13H26N2OS. The van der Waals surface area contributed by atoms with Crippen LogP contribution in [0.3, 0.4) is 0 Å². The summed E-state index contributed by atoms with van der Waals surface area (Å²) in [4.78, 5) is 11.8. The van der Waals surface area contributed by atoms with Gasteiger partial charge in [0.1, 0.15) is 0 Å². The monoisotopic (exact) mass is 258 g/mol. The van der Waals surface area contributed by atoms with E-state index >= 15 is 0 Å². The molecule has 4 heteroatoms. The highest BCUT2D eigenvalue weighted by Gasteiger charge is 2.27. The number of hydrogen-bond donors (Lipinski definition) is 2. The lowest BCUT2D eigenvalue weighted by atomic mass is 9.78. The quantitative estimate of drug-likeness (QED) is 0.717. The molecule has 1 saturated carbocycles. The van der Waals surface area contributed by atoms with Gasteiger partial charge in [-0.3, -0.25) is 4.79 Å². The van der Waals surface area contributed by atoms with Crippen LogP contribution in [0.25, 0.3) is 0 Å². The van der Waals surface area contributed by atoms with Crippen molar-refractivity contribution < 1.29 is 4.79 Å². The van der Waals surface area contributed by atoms with E-state index in [1.54, 1.807) is 11.8 Å². The summed E-state index contributed by atoms with van der Waals surface area (Å²) in [7, 11) is 0. The van der Waals surface area contributed by atoms with Crippen molar-refractivity contribution in [2.75, 3.05) is 18.1 Å². The maximum Gasteiger partial charge on any atom is 0.230 e. The standard InChI is InChI=1S/C13H26N2OS/c1-10-5-3-6-12(11(10)2)15-13(16)9-17-8-4-7-14/h10-12H,3-9,14H2,1-2H3,(H,15,16). The average molecular weight is 258 g/mol. The highest BCUT2D eigenvalue weighted by molar-refractivity contribution is 7.99. The van der Waals surface area contributed by atoms with Gasteiger partial charge in [-0.2, -0.15) is 11.8 Å². The molecule has 0 radical (unpaired) electrons. The average Bonchev–Trinajstić information content (AvgIpc) is 2.31. The van der Waals surface area contributed by atoms with Crippen LogP contribution >= 0.6 is 11.8 Å². The first-order valence-corrected chi connectivity index (χ1v) is 7.87. The van der Waals surface area contributed by atoms with Crippen molar-refractivity contribution in [2.24, 2.45) is 17.6 Å². The second-order valence-electron chi connectivity index (χ2n) is 5.14. The van der Waals surface area contributed by atoms with Gasteiger partial charge in [0.15, 0.2) is 0 Å². The Balaban J connectivity index is 2.20. The van der Waals surface area contributed by atoms with Crippen LogP contribution in [0.2, 0.25) is 0 Å². The molecule has 1 aliphatic rings. The zero-order valence-corrected chi connectivity index (χ0v) is 11.9. The Morgan fingerprint density at radius 3 is 2.88 bits per heavy atom. The van der Waals surface area contributed by atoms with Crippen molar-refractivity contribution in [3.8, 4) is 0 Å². The summed E-state index contributed by atoms with van der Waals surface area (Å²) in [6, 6.07) is 0.390. The topological polar surface area (TPSA) is 55.1 Å². The van der Waals surface area contributed by atoms with Crippen molar-refractivity contribution in [2.45, 2.75) is 45.6 Å². The van der Waals surface area contributed by atoms with Gasteiger partial charge in [0.05, 0.1) is 5.75 Å². The number of rotatable bonds is 6. The fourth-order valence-corrected chi connectivity index (χ4v) is 3.17. The van der Waals surface area contributed by atoms with E-state index in [4.69, 9.17) is 5.73 Å². The van der Waals surface area contributed by atoms with Crippen LogP contribution in [0.4, 0.5) is 0 Å². The van der Waals surface area contributed by atoms with Crippen molar-refractivity contribution in [3.05, 3.63) is 0 Å². The van der Waals surface area contributed by atoms with Gasteiger partial charge in [-0.05, 0) is 37.0 Å². The highest BCUT2D eigenvalue weighted by Crippen LogP contribution is 2.29. The largest absolute Gasteiger partial charge is 0.352 e. The molecule has 1 fully saturated rings. The second kappa shape index (κ2) is 7.98. The Bertz CT molecular complexity index is 235. The molecule has 17 heavy (non-hydrogen) atoms. The highest BCUT2D eigenvalue weighted by atomic mass is 32.2. The van der Waals surface area contributed by atoms with Gasteiger partial charge < -0.3 is 11.1 Å². The van der Waals surface area contributed by atoms with Gasteiger partial charge in [0, 0.05) is 6.04 Å². The minimum absolute atomic E-state index is 0.193. The fourth-order valence-electron chi connectivity index (χ4n) is 2.38. The molecule has 0 spiro atoms. The number of carbonyl (C=O) groups excluding carboxylic acids is 1. The summed E-state index contributed by atoms with van der Waals surface area (Å²) >= 11 is 1.68. The summed E-state index contributed by atoms with van der Waals surface area (Å²) in [6.07, 6.45) is 4.69. The predicted octanol–water partition coefficient (Wildman–Crippen LogP) is 2.01. The number of carbonyl (C=O) groups is 1. The third kappa shape index (κ3) is 5.30. The Kier molecular flexibility index (Phi) is 6.97. The van der Waals surface area contributed by atoms with E-state index in [0.29, 0.717) is 24.3 Å². The Hall–Kier alpha value is -0.220. The van der Waals surface area contributed by atoms with E-state index in [1.807, 2.05) is 0 Å². The molecule has 3 unspecified atom stereocenters. The fraction of sp³-hybridized carbons (Fsp3) is 0.923. The van der Waals surface area contributed by atoms with Gasteiger partial charge in [0.25, 0.3) is 0 Å². The molecular weight excluding hydrogens is 232 g/mol. The molecule has 1 amide bonds. The lowest BCUT2D eigenvalue weighted by Crippen LogP contribution is -2.44. The number of nitrogens with two attached hydrogens (primary N) is 1. The predicted molar refractivity (Wildman–Crippen MR) is 75.1 cm³/mol. The van der Waals surface area contributed by atoms with Crippen molar-refractivity contribution in [3.63, 3.8) is 0 Å². The van der Waals surface area contributed by atoms with Crippen LogP contribution in [0.15, 0.2) is 0 Å². The molecule has 3 atom stereocenters. The van der Waals surface area contributed by atoms with Gasteiger partial charge in [-0.25, -0.2) is 0 Å². The Morgan fingerprint density at radius 1 is 1.41 bits per heavy atom. The molecule has 0 saturated heterocycles. The van der Waals surface area contributed by atoms with E-state index in [0.717, 1.165) is 24.5 Å². The molecule has 0 aromatic heterocycles. The lowest BCUT2D eigenvalue weighted by Gasteiger charge is -2.34. The third-order valence-electron chi connectivity index (χ3n) is 3.78. The number of thioether (sulfide) groups is 1. The molecule has 0 aromatic rings. The smallest absolute Gasteiger partial charge is 0.230 e. The van der Waals surface area contributed by atoms with Crippen LogP contribution in [0, 0.1) is 11.8 Å². The zero-order valence-electron chi connectivity index (χ0n) is 11.1. The van der Waals surface area contributed by atoms with Crippen LogP contribution in [0.1, 0.15) is 39.5 Å². The number of amides is 1. The molecule has 0 aromatic carbocycles. The zero-order chi connectivity index (χ0) is 12.7. The van der Waals surface area contributed by atoms with Crippen molar-refractivity contribution >= 4 is 17.7 Å². The summed E-state index contributed by atoms with van der Waals surface area (Å²) in [5.41, 5.74) is 5.41. The van der Waals surface area contributed by atoms with Crippen LogP contribution in [0.5, 0.6) is 0 Å². The van der Waals surface area contributed by atoms with Crippen LogP contribution in [-0.2, 0) is 4.79 Å². The summed E-state index contributed by atoms with van der Waals surface area (Å²) in [5, 5.41) is 3.18. The summed E-state index contributed by atoms with van der Waals surface area (Å²) in [6.45, 7) is 5.26. The second-order valence-corrected chi connectivity index (χ2v) is 6.24. The van der Waals surface area contributed by atoms with E-state index in [-0.39, 0.29) is 5.91 Å². The number of nitrogens with one attached hydrogen (secondary N) is 1. The summed E-state index contributed by atoms with van der Waals surface area (Å²) in [5.74, 6) is 3.11. The first-order chi connectivity index (χ1) is 8.15. The summed E-state index contributed by atoms with van der Waals surface area (Å²) < 4.78 is 0. The van der Waals surface area contributed by atoms with Crippen LogP contribution in [-0.4, -0.2) is 30.0 Å². The first kappa shape index (κ1) is 14.8. The number of hydrogen-bond acceptors (Lipinski definition) is 3. The molecule has 100 valence electrons. The molecule has 0 bridgehead atoms. The molecule has 0 heterocycles. The molecule has 1 rings (SSSR count). The molecule has 3 nitrogen and oxygen atoms in total. The molecule has 0 aliphatic heterocycles. The van der Waals surface area contributed by atoms with E-state index in [2.05, 4.69) is 19.2 Å². The minimum atomic E-state index is 0.193. The minimum Gasteiger partial charge on any atom is -0.352 e. The maximum atomic E-state index is 11.8. The lowest BCUT2D eigenvalue weighted by molar-refractivity contribution is -0.119. The van der Waals surface area contributed by atoms with Crippen molar-refractivity contribution in [1.29, 1.82) is 0 Å². The Labute approximate surface area is 109 Å². The Morgan fingerprint density at radius 2 is 2.18 bits per heavy atom. The first-order valence-electron chi connectivity index (χ1n) is 6.72. The normalized spacial score (nSPS) is 29.0. The van der Waals surface area contributed by atoms with Gasteiger partial charge in [-0.1, -0.05) is 26.7 Å². The van der Waals surface area contributed by atoms with Gasteiger partial charge in [-0.15, -0.1) is 0 Å². The molecule has 3 N–H and O–H groups in total. The van der Waals surface area contributed by atoms with E-state index in [1.165, 1.54) is 12.8 Å². The molecule has 1 aliphatic carbocycles. The van der Waals surface area contributed by atoms with Crippen molar-refractivity contribution in [1.82, 2.24) is 5.32 Å². The van der Waals surface area contributed by atoms with E-state index < -0.39 is 0 Å². The third-order valence-corrected chi connectivity index (χ3v) is 4.82. The maximum absolute atomic E-state index is 11.8. The van der Waals surface area contributed by atoms with E-state index in [9.17, 15) is 4.79 Å².